The van der Waals surface area contributed by atoms with Crippen molar-refractivity contribution in [2.75, 3.05) is 13.1 Å². The average molecular weight is 390 g/mol. The Balaban J connectivity index is 1.88. The van der Waals surface area contributed by atoms with Gasteiger partial charge in [0.25, 0.3) is 5.91 Å². The molecule has 0 saturated heterocycles. The molecule has 22 heavy (non-hydrogen) atoms. The Bertz CT molecular complexity index is 576. The lowest BCUT2D eigenvalue weighted by Crippen LogP contribution is -2.54. The number of carbonyl (C=O) groups excluding carboxylic acids is 1. The highest BCUT2D eigenvalue weighted by Crippen LogP contribution is 2.27. The highest BCUT2D eigenvalue weighted by Gasteiger charge is 2.34. The van der Waals surface area contributed by atoms with Crippen LogP contribution < -0.4 is 5.32 Å². The predicted octanol–water partition coefficient (Wildman–Crippen LogP) is 2.77. The van der Waals surface area contributed by atoms with Crippen molar-refractivity contribution in [1.82, 2.24) is 10.2 Å². The number of carbonyl (C=O) groups is 2. The van der Waals surface area contributed by atoms with Crippen LogP contribution in [0.25, 0.3) is 0 Å². The number of hydrogen-bond acceptors (Lipinski definition) is 3. The summed E-state index contributed by atoms with van der Waals surface area (Å²) in [4.78, 5) is 25.0. The van der Waals surface area contributed by atoms with Gasteiger partial charge in [0, 0.05) is 21.6 Å². The molecule has 1 aromatic rings. The van der Waals surface area contributed by atoms with Gasteiger partial charge in [-0.15, -0.1) is 0 Å². The van der Waals surface area contributed by atoms with Crippen LogP contribution in [0.15, 0.2) is 22.7 Å². The molecule has 0 aliphatic heterocycles. The molecule has 0 spiro atoms. The molecule has 0 radical (unpaired) electrons. The molecular formula is C15H18BrClN2O3. The van der Waals surface area contributed by atoms with E-state index in [1.54, 1.807) is 18.2 Å². The molecule has 0 heterocycles. The summed E-state index contributed by atoms with van der Waals surface area (Å²) in [6.45, 7) is 2.68. The molecule has 1 aliphatic rings. The van der Waals surface area contributed by atoms with Crippen LogP contribution >= 0.6 is 27.5 Å². The van der Waals surface area contributed by atoms with Gasteiger partial charge in [-0.05, 0) is 53.5 Å². The molecule has 2 N–H and O–H groups in total. The van der Waals surface area contributed by atoms with Crippen molar-refractivity contribution in [2.24, 2.45) is 0 Å². The first-order valence-corrected chi connectivity index (χ1v) is 8.29. The summed E-state index contributed by atoms with van der Waals surface area (Å²) >= 11 is 9.26. The first kappa shape index (κ1) is 17.2. The molecule has 5 nitrogen and oxygen atoms in total. The first-order chi connectivity index (χ1) is 10.4. The highest BCUT2D eigenvalue weighted by atomic mass is 79.9. The Hall–Kier alpha value is -1.11. The van der Waals surface area contributed by atoms with E-state index in [-0.39, 0.29) is 24.5 Å². The maximum absolute atomic E-state index is 12.2. The van der Waals surface area contributed by atoms with E-state index in [0.717, 1.165) is 12.8 Å². The summed E-state index contributed by atoms with van der Waals surface area (Å²) in [6, 6.07) is 5.37. The minimum Gasteiger partial charge on any atom is -0.480 e. The number of likely N-dealkylation sites (N-methyl/N-ethyl adjacent to an activating group) is 1. The summed E-state index contributed by atoms with van der Waals surface area (Å²) in [5.41, 5.74) is 0.508. The third kappa shape index (κ3) is 4.21. The molecule has 1 saturated carbocycles. The molecule has 0 bridgehead atoms. The zero-order chi connectivity index (χ0) is 16.3. The minimum atomic E-state index is -0.822. The second-order valence-corrected chi connectivity index (χ2v) is 6.67. The fourth-order valence-corrected chi connectivity index (χ4v) is 3.21. The predicted molar refractivity (Wildman–Crippen MR) is 88.3 cm³/mol. The van der Waals surface area contributed by atoms with Crippen molar-refractivity contribution >= 4 is 39.4 Å². The van der Waals surface area contributed by atoms with Crippen LogP contribution in [0.3, 0.4) is 0 Å². The van der Waals surface area contributed by atoms with Crippen molar-refractivity contribution in [1.29, 1.82) is 0 Å². The normalized spacial score (nSPS) is 20.5. The summed E-state index contributed by atoms with van der Waals surface area (Å²) in [7, 11) is 0. The zero-order valence-electron chi connectivity index (χ0n) is 12.2. The number of carboxylic acid groups (broad SMARTS) is 1. The maximum atomic E-state index is 12.2. The molecule has 7 heteroatoms. The fourth-order valence-electron chi connectivity index (χ4n) is 2.61. The number of amides is 1. The molecule has 0 unspecified atom stereocenters. The molecule has 1 fully saturated rings. The van der Waals surface area contributed by atoms with Crippen LogP contribution in [0.4, 0.5) is 0 Å². The lowest BCUT2D eigenvalue weighted by Gasteiger charge is -2.42. The van der Waals surface area contributed by atoms with Gasteiger partial charge in [0.05, 0.1) is 12.1 Å². The van der Waals surface area contributed by atoms with Crippen molar-refractivity contribution < 1.29 is 14.7 Å². The van der Waals surface area contributed by atoms with Gasteiger partial charge in [-0.2, -0.15) is 0 Å². The van der Waals surface area contributed by atoms with Crippen LogP contribution in [0.2, 0.25) is 5.02 Å². The number of nitrogens with zero attached hydrogens (tertiary/aromatic N) is 1. The minimum absolute atomic E-state index is 0.0433. The summed E-state index contributed by atoms with van der Waals surface area (Å²) in [6.07, 6.45) is 1.54. The van der Waals surface area contributed by atoms with Gasteiger partial charge in [0.2, 0.25) is 0 Å². The monoisotopic (exact) mass is 388 g/mol. The molecule has 1 amide bonds. The van der Waals surface area contributed by atoms with Gasteiger partial charge in [-0.3, -0.25) is 14.5 Å². The van der Waals surface area contributed by atoms with Gasteiger partial charge in [0.1, 0.15) is 0 Å². The van der Waals surface area contributed by atoms with E-state index >= 15 is 0 Å². The Morgan fingerprint density at radius 2 is 2.14 bits per heavy atom. The highest BCUT2D eigenvalue weighted by molar-refractivity contribution is 9.10. The molecular weight excluding hydrogens is 372 g/mol. The van der Waals surface area contributed by atoms with Gasteiger partial charge < -0.3 is 10.4 Å². The van der Waals surface area contributed by atoms with E-state index in [2.05, 4.69) is 21.2 Å². The number of halogens is 2. The molecule has 0 aromatic heterocycles. The number of aliphatic carboxylic acids is 1. The van der Waals surface area contributed by atoms with E-state index in [9.17, 15) is 9.59 Å². The molecule has 2 rings (SSSR count). The largest absolute Gasteiger partial charge is 0.480 e. The quantitative estimate of drug-likeness (QED) is 0.785. The van der Waals surface area contributed by atoms with Crippen LogP contribution in [-0.4, -0.2) is 47.1 Å². The van der Waals surface area contributed by atoms with Crippen molar-refractivity contribution in [2.45, 2.75) is 31.8 Å². The Morgan fingerprint density at radius 3 is 2.73 bits per heavy atom. The lowest BCUT2D eigenvalue weighted by molar-refractivity contribution is -0.139. The van der Waals surface area contributed by atoms with Crippen molar-refractivity contribution in [3.05, 3.63) is 33.3 Å². The van der Waals surface area contributed by atoms with E-state index in [1.165, 1.54) is 0 Å². The van der Waals surface area contributed by atoms with Gasteiger partial charge in [-0.1, -0.05) is 18.5 Å². The standard InChI is InChI=1S/C15H18BrClN2O3/c1-2-19(8-14(20)21)11-6-10(7-11)18-15(22)12-5-9(17)3-4-13(12)16/h3-5,10-11H,2,6-8H2,1H3,(H,18,22)(H,20,21). The lowest BCUT2D eigenvalue weighted by atomic mass is 9.85. The molecule has 120 valence electrons. The third-order valence-electron chi connectivity index (χ3n) is 3.88. The summed E-state index contributed by atoms with van der Waals surface area (Å²) < 4.78 is 0.700. The number of nitrogens with one attached hydrogen (secondary N) is 1. The van der Waals surface area contributed by atoms with Gasteiger partial charge in [0.15, 0.2) is 0 Å². The van der Waals surface area contributed by atoms with Crippen LogP contribution in [-0.2, 0) is 4.79 Å². The van der Waals surface area contributed by atoms with Crippen LogP contribution in [0.1, 0.15) is 30.1 Å². The Labute approximate surface area is 142 Å². The number of benzene rings is 1. The first-order valence-electron chi connectivity index (χ1n) is 7.12. The second kappa shape index (κ2) is 7.44. The van der Waals surface area contributed by atoms with Crippen molar-refractivity contribution in [3.8, 4) is 0 Å². The molecule has 1 aliphatic carbocycles. The van der Waals surface area contributed by atoms with E-state index in [4.69, 9.17) is 16.7 Å². The Kier molecular flexibility index (Phi) is 5.83. The van der Waals surface area contributed by atoms with Crippen LogP contribution in [0, 0.1) is 0 Å². The van der Waals surface area contributed by atoms with Gasteiger partial charge >= 0.3 is 5.97 Å². The van der Waals surface area contributed by atoms with Crippen LogP contribution in [0.5, 0.6) is 0 Å². The zero-order valence-corrected chi connectivity index (χ0v) is 14.5. The van der Waals surface area contributed by atoms with Gasteiger partial charge in [-0.25, -0.2) is 0 Å². The average Bonchev–Trinajstić information content (AvgIpc) is 2.42. The molecule has 0 atom stereocenters. The number of rotatable bonds is 6. The third-order valence-corrected chi connectivity index (χ3v) is 4.81. The van der Waals surface area contributed by atoms with E-state index in [0.29, 0.717) is 21.6 Å². The van der Waals surface area contributed by atoms with E-state index in [1.807, 2.05) is 11.8 Å². The smallest absolute Gasteiger partial charge is 0.317 e. The maximum Gasteiger partial charge on any atom is 0.317 e. The Morgan fingerprint density at radius 1 is 1.45 bits per heavy atom. The topological polar surface area (TPSA) is 69.6 Å². The van der Waals surface area contributed by atoms with Crippen molar-refractivity contribution in [3.63, 3.8) is 0 Å². The summed E-state index contributed by atoms with van der Waals surface area (Å²) in [5, 5.41) is 12.3. The fraction of sp³-hybridized carbons (Fsp3) is 0.467. The SMILES string of the molecule is CCN(CC(=O)O)C1CC(NC(=O)c2cc(Cl)ccc2Br)C1. The summed E-state index contributed by atoms with van der Waals surface area (Å²) in [5.74, 6) is -0.990. The molecule has 1 aromatic carbocycles. The number of hydrogen-bond donors (Lipinski definition) is 2. The number of carboxylic acids is 1. The van der Waals surface area contributed by atoms with E-state index < -0.39 is 5.97 Å². The second-order valence-electron chi connectivity index (χ2n) is 5.38.